The third kappa shape index (κ3) is 16.4. The van der Waals surface area contributed by atoms with E-state index in [0.29, 0.717) is 6.42 Å². The molecule has 3 heteroatoms. The number of carbonyl (C=O) groups excluding carboxylic acids is 1. The van der Waals surface area contributed by atoms with Gasteiger partial charge in [-0.15, -0.1) is 0 Å². The molecule has 0 aromatic rings. The molecule has 0 aromatic heterocycles. The first kappa shape index (κ1) is 21.2. The molecule has 0 N–H and O–H groups in total. The van der Waals surface area contributed by atoms with E-state index in [1.807, 2.05) is 0 Å². The Morgan fingerprint density at radius 1 is 0.857 bits per heavy atom. The number of ether oxygens (including phenoxy) is 1. The topological polar surface area (TPSA) is 26.3 Å². The van der Waals surface area contributed by atoms with Gasteiger partial charge in [-0.1, -0.05) is 93.7 Å². The first-order valence-electron chi connectivity index (χ1n) is 8.91. The largest absolute Gasteiger partial charge is 0.469 e. The fraction of sp³-hybridized carbons (Fsp3) is 0.944. The smallest absolute Gasteiger partial charge is 0.305 e. The van der Waals surface area contributed by atoms with Gasteiger partial charge < -0.3 is 4.74 Å². The van der Waals surface area contributed by atoms with Crippen LogP contribution in [0.1, 0.15) is 96.8 Å². The number of hydrogen-bond acceptors (Lipinski definition) is 2. The first-order chi connectivity index (χ1) is 10.2. The summed E-state index contributed by atoms with van der Waals surface area (Å²) in [5.74, 6) is -0.0695. The SMILES string of the molecule is CCCCCCCCCCC(I)CCCCCC(=O)OC. The van der Waals surface area contributed by atoms with Gasteiger partial charge >= 0.3 is 5.97 Å². The Balaban J connectivity index is 3.19. The van der Waals surface area contributed by atoms with E-state index >= 15 is 0 Å². The Morgan fingerprint density at radius 2 is 1.33 bits per heavy atom. The Bertz CT molecular complexity index is 231. The highest BCUT2D eigenvalue weighted by Crippen LogP contribution is 2.19. The summed E-state index contributed by atoms with van der Waals surface area (Å²) in [5.41, 5.74) is 0. The standard InChI is InChI=1S/C18H35IO2/c1-3-4-5-6-7-8-9-11-14-17(19)15-12-10-13-16-18(20)21-2/h17H,3-16H2,1-2H3. The maximum Gasteiger partial charge on any atom is 0.305 e. The third-order valence-corrected chi connectivity index (χ3v) is 5.24. The number of unbranched alkanes of at least 4 members (excludes halogenated alkanes) is 9. The molecule has 0 spiro atoms. The van der Waals surface area contributed by atoms with E-state index in [4.69, 9.17) is 0 Å². The molecule has 0 saturated carbocycles. The minimum Gasteiger partial charge on any atom is -0.469 e. The summed E-state index contributed by atoms with van der Waals surface area (Å²) in [6.07, 6.45) is 17.9. The monoisotopic (exact) mass is 410 g/mol. The van der Waals surface area contributed by atoms with Gasteiger partial charge in [0.15, 0.2) is 0 Å². The number of carbonyl (C=O) groups is 1. The summed E-state index contributed by atoms with van der Waals surface area (Å²) < 4.78 is 5.46. The lowest BCUT2D eigenvalue weighted by atomic mass is 10.0. The Kier molecular flexibility index (Phi) is 16.7. The Labute approximate surface area is 145 Å². The van der Waals surface area contributed by atoms with Crippen LogP contribution in [0.25, 0.3) is 0 Å². The predicted molar refractivity (Wildman–Crippen MR) is 100 cm³/mol. The molecule has 1 unspecified atom stereocenters. The molecule has 0 aliphatic carbocycles. The summed E-state index contributed by atoms with van der Waals surface area (Å²) in [4.78, 5) is 11.0. The fourth-order valence-corrected chi connectivity index (χ4v) is 3.44. The van der Waals surface area contributed by atoms with E-state index in [1.165, 1.54) is 77.7 Å². The lowest BCUT2D eigenvalue weighted by Crippen LogP contribution is -2.00. The number of alkyl halides is 1. The molecular formula is C18H35IO2. The van der Waals surface area contributed by atoms with Crippen LogP contribution in [0.5, 0.6) is 0 Å². The molecule has 0 bridgehead atoms. The summed E-state index contributed by atoms with van der Waals surface area (Å²) in [6, 6.07) is 0. The number of methoxy groups -OCH3 is 1. The Morgan fingerprint density at radius 3 is 1.86 bits per heavy atom. The molecule has 0 fully saturated rings. The third-order valence-electron chi connectivity index (χ3n) is 4.00. The number of hydrogen-bond donors (Lipinski definition) is 0. The highest BCUT2D eigenvalue weighted by atomic mass is 127. The summed E-state index contributed by atoms with van der Waals surface area (Å²) in [7, 11) is 1.47. The van der Waals surface area contributed by atoms with E-state index in [1.54, 1.807) is 0 Å². The van der Waals surface area contributed by atoms with Gasteiger partial charge in [-0.25, -0.2) is 0 Å². The van der Waals surface area contributed by atoms with Crippen LogP contribution in [-0.2, 0) is 9.53 Å². The van der Waals surface area contributed by atoms with Gasteiger partial charge in [0.2, 0.25) is 0 Å². The first-order valence-corrected chi connectivity index (χ1v) is 10.2. The molecule has 0 heterocycles. The van der Waals surface area contributed by atoms with Crippen LogP contribution in [0.4, 0.5) is 0 Å². The van der Waals surface area contributed by atoms with Crippen molar-refractivity contribution in [1.82, 2.24) is 0 Å². The van der Waals surface area contributed by atoms with E-state index in [9.17, 15) is 4.79 Å². The van der Waals surface area contributed by atoms with Crippen molar-refractivity contribution in [3.05, 3.63) is 0 Å². The predicted octanol–water partition coefficient (Wildman–Crippen LogP) is 6.44. The lowest BCUT2D eigenvalue weighted by molar-refractivity contribution is -0.140. The molecule has 0 aromatic carbocycles. The van der Waals surface area contributed by atoms with E-state index in [0.717, 1.165) is 16.8 Å². The molecule has 0 saturated heterocycles. The fourth-order valence-electron chi connectivity index (χ4n) is 2.56. The second-order valence-electron chi connectivity index (χ2n) is 6.04. The van der Waals surface area contributed by atoms with Crippen LogP contribution in [0.2, 0.25) is 0 Å². The Hall–Kier alpha value is 0.200. The number of esters is 1. The van der Waals surface area contributed by atoms with Crippen molar-refractivity contribution in [2.24, 2.45) is 0 Å². The zero-order chi connectivity index (χ0) is 15.8. The van der Waals surface area contributed by atoms with Crippen molar-refractivity contribution in [3.8, 4) is 0 Å². The van der Waals surface area contributed by atoms with Crippen LogP contribution >= 0.6 is 22.6 Å². The van der Waals surface area contributed by atoms with Gasteiger partial charge in [0, 0.05) is 10.3 Å². The molecule has 1 atom stereocenters. The maximum absolute atomic E-state index is 11.0. The molecule has 0 radical (unpaired) electrons. The quantitative estimate of drug-likeness (QED) is 0.134. The second kappa shape index (κ2) is 16.6. The van der Waals surface area contributed by atoms with Crippen molar-refractivity contribution >= 4 is 28.6 Å². The van der Waals surface area contributed by atoms with Crippen LogP contribution in [0.15, 0.2) is 0 Å². The molecule has 126 valence electrons. The molecule has 0 rings (SSSR count). The molecular weight excluding hydrogens is 375 g/mol. The molecule has 0 aliphatic rings. The van der Waals surface area contributed by atoms with Crippen molar-refractivity contribution in [3.63, 3.8) is 0 Å². The van der Waals surface area contributed by atoms with Crippen LogP contribution in [0, 0.1) is 0 Å². The molecule has 0 aliphatic heterocycles. The second-order valence-corrected chi connectivity index (χ2v) is 7.80. The summed E-state index contributed by atoms with van der Waals surface area (Å²) >= 11 is 2.60. The maximum atomic E-state index is 11.0. The average molecular weight is 410 g/mol. The highest BCUT2D eigenvalue weighted by molar-refractivity contribution is 14.1. The van der Waals surface area contributed by atoms with Gasteiger partial charge in [0.05, 0.1) is 7.11 Å². The van der Waals surface area contributed by atoms with Gasteiger partial charge in [0.1, 0.15) is 0 Å². The van der Waals surface area contributed by atoms with Crippen LogP contribution in [0.3, 0.4) is 0 Å². The van der Waals surface area contributed by atoms with Crippen LogP contribution < -0.4 is 0 Å². The minimum absolute atomic E-state index is 0.0695. The molecule has 0 amide bonds. The summed E-state index contributed by atoms with van der Waals surface area (Å²) in [5, 5.41) is 0. The van der Waals surface area contributed by atoms with E-state index in [2.05, 4.69) is 34.3 Å². The van der Waals surface area contributed by atoms with Crippen molar-refractivity contribution < 1.29 is 9.53 Å². The van der Waals surface area contributed by atoms with E-state index in [-0.39, 0.29) is 5.97 Å². The lowest BCUT2D eigenvalue weighted by Gasteiger charge is -2.09. The zero-order valence-electron chi connectivity index (χ0n) is 14.2. The normalized spacial score (nSPS) is 12.3. The molecule has 2 nitrogen and oxygen atoms in total. The van der Waals surface area contributed by atoms with Gasteiger partial charge in [-0.2, -0.15) is 0 Å². The zero-order valence-corrected chi connectivity index (χ0v) is 16.3. The molecule has 21 heavy (non-hydrogen) atoms. The van der Waals surface area contributed by atoms with Gasteiger partial charge in [-0.3, -0.25) is 4.79 Å². The summed E-state index contributed by atoms with van der Waals surface area (Å²) in [6.45, 7) is 2.27. The van der Waals surface area contributed by atoms with Gasteiger partial charge in [0.25, 0.3) is 0 Å². The van der Waals surface area contributed by atoms with E-state index < -0.39 is 0 Å². The average Bonchev–Trinajstić information content (AvgIpc) is 2.49. The van der Waals surface area contributed by atoms with Crippen LogP contribution in [-0.4, -0.2) is 17.0 Å². The number of rotatable bonds is 15. The van der Waals surface area contributed by atoms with Crippen molar-refractivity contribution in [2.45, 2.75) is 101 Å². The van der Waals surface area contributed by atoms with Crippen molar-refractivity contribution in [1.29, 1.82) is 0 Å². The minimum atomic E-state index is -0.0695. The van der Waals surface area contributed by atoms with Crippen molar-refractivity contribution in [2.75, 3.05) is 7.11 Å². The highest BCUT2D eigenvalue weighted by Gasteiger charge is 2.05. The number of halogens is 1. The van der Waals surface area contributed by atoms with Gasteiger partial charge in [-0.05, 0) is 19.3 Å².